The average Bonchev–Trinajstić information content (AvgIpc) is 3.17. The number of nitrogens with zero attached hydrogens (tertiary/aromatic N) is 1. The van der Waals surface area contributed by atoms with Crippen molar-refractivity contribution in [1.29, 1.82) is 0 Å². The number of anilines is 2. The SMILES string of the molecule is C[C@H](CNC(=O)c1ccc2c(c1)NC(=O)[C@H]1CCCN21)c1ccccc1. The Bertz CT molecular complexity index is 834. The van der Waals surface area contributed by atoms with Crippen molar-refractivity contribution in [3.8, 4) is 0 Å². The van der Waals surface area contributed by atoms with Gasteiger partial charge in [-0.25, -0.2) is 0 Å². The predicted molar refractivity (Wildman–Crippen MR) is 103 cm³/mol. The van der Waals surface area contributed by atoms with Crippen LogP contribution in [-0.2, 0) is 4.79 Å². The highest BCUT2D eigenvalue weighted by Crippen LogP contribution is 2.37. The molecule has 0 unspecified atom stereocenters. The fourth-order valence-corrected chi connectivity index (χ4v) is 3.82. The van der Waals surface area contributed by atoms with Gasteiger partial charge in [-0.2, -0.15) is 0 Å². The number of carbonyl (C=O) groups excluding carboxylic acids is 2. The van der Waals surface area contributed by atoms with E-state index in [1.807, 2.05) is 30.3 Å². The van der Waals surface area contributed by atoms with E-state index >= 15 is 0 Å². The average molecular weight is 349 g/mol. The van der Waals surface area contributed by atoms with Crippen LogP contribution in [0.5, 0.6) is 0 Å². The Balaban J connectivity index is 1.46. The van der Waals surface area contributed by atoms with Crippen LogP contribution in [0.15, 0.2) is 48.5 Å². The van der Waals surface area contributed by atoms with E-state index in [9.17, 15) is 9.59 Å². The molecule has 2 aliphatic rings. The van der Waals surface area contributed by atoms with E-state index in [1.165, 1.54) is 5.56 Å². The molecule has 2 N–H and O–H groups in total. The van der Waals surface area contributed by atoms with E-state index in [2.05, 4.69) is 34.6 Å². The molecule has 2 aromatic rings. The predicted octanol–water partition coefficient (Wildman–Crippen LogP) is 3.14. The first-order chi connectivity index (χ1) is 12.6. The molecule has 2 atom stereocenters. The van der Waals surface area contributed by atoms with E-state index in [0.717, 1.165) is 30.8 Å². The maximum atomic E-state index is 12.5. The fraction of sp³-hybridized carbons (Fsp3) is 0.333. The molecule has 2 aromatic carbocycles. The fourth-order valence-electron chi connectivity index (χ4n) is 3.82. The van der Waals surface area contributed by atoms with Gasteiger partial charge in [-0.05, 0) is 42.5 Å². The lowest BCUT2D eigenvalue weighted by atomic mass is 10.0. The first-order valence-corrected chi connectivity index (χ1v) is 9.18. The van der Waals surface area contributed by atoms with Crippen LogP contribution in [0.2, 0.25) is 0 Å². The summed E-state index contributed by atoms with van der Waals surface area (Å²) in [6.07, 6.45) is 1.92. The summed E-state index contributed by atoms with van der Waals surface area (Å²) in [6, 6.07) is 15.6. The van der Waals surface area contributed by atoms with Gasteiger partial charge in [0.1, 0.15) is 6.04 Å². The summed E-state index contributed by atoms with van der Waals surface area (Å²) in [4.78, 5) is 26.9. The molecule has 2 amide bonds. The van der Waals surface area contributed by atoms with Crippen LogP contribution in [-0.4, -0.2) is 30.9 Å². The minimum Gasteiger partial charge on any atom is -0.358 e. The lowest BCUT2D eigenvalue weighted by Gasteiger charge is -2.33. The van der Waals surface area contributed by atoms with Crippen molar-refractivity contribution in [2.24, 2.45) is 0 Å². The summed E-state index contributed by atoms with van der Waals surface area (Å²) >= 11 is 0. The Hall–Kier alpha value is -2.82. The highest BCUT2D eigenvalue weighted by Gasteiger charge is 2.36. The number of amides is 2. The Kier molecular flexibility index (Phi) is 4.37. The van der Waals surface area contributed by atoms with Gasteiger partial charge in [0.15, 0.2) is 0 Å². The zero-order valence-corrected chi connectivity index (χ0v) is 14.9. The van der Waals surface area contributed by atoms with E-state index in [1.54, 1.807) is 6.07 Å². The Morgan fingerprint density at radius 3 is 2.88 bits per heavy atom. The molecule has 5 heteroatoms. The van der Waals surface area contributed by atoms with Gasteiger partial charge >= 0.3 is 0 Å². The van der Waals surface area contributed by atoms with Gasteiger partial charge < -0.3 is 15.5 Å². The molecule has 0 spiro atoms. The van der Waals surface area contributed by atoms with Crippen molar-refractivity contribution in [3.05, 3.63) is 59.7 Å². The van der Waals surface area contributed by atoms with E-state index in [4.69, 9.17) is 0 Å². The topological polar surface area (TPSA) is 61.4 Å². The molecule has 1 fully saturated rings. The van der Waals surface area contributed by atoms with Crippen LogP contribution in [0, 0.1) is 0 Å². The summed E-state index contributed by atoms with van der Waals surface area (Å²) in [5.74, 6) is 0.154. The van der Waals surface area contributed by atoms with Gasteiger partial charge in [-0.1, -0.05) is 37.3 Å². The van der Waals surface area contributed by atoms with Crippen LogP contribution in [0.25, 0.3) is 0 Å². The minimum absolute atomic E-state index is 0.0326. The summed E-state index contributed by atoms with van der Waals surface area (Å²) in [7, 11) is 0. The molecular weight excluding hydrogens is 326 g/mol. The third kappa shape index (κ3) is 3.05. The summed E-state index contributed by atoms with van der Waals surface area (Å²) in [6.45, 7) is 3.56. The van der Waals surface area contributed by atoms with Gasteiger partial charge in [-0.15, -0.1) is 0 Å². The number of nitrogens with one attached hydrogen (secondary N) is 2. The largest absolute Gasteiger partial charge is 0.358 e. The maximum absolute atomic E-state index is 12.5. The molecule has 0 bridgehead atoms. The van der Waals surface area contributed by atoms with Crippen molar-refractivity contribution in [1.82, 2.24) is 5.32 Å². The zero-order chi connectivity index (χ0) is 18.1. The second-order valence-corrected chi connectivity index (χ2v) is 7.09. The molecule has 26 heavy (non-hydrogen) atoms. The molecule has 0 aliphatic carbocycles. The summed E-state index contributed by atoms with van der Waals surface area (Å²) < 4.78 is 0. The number of carbonyl (C=O) groups is 2. The summed E-state index contributed by atoms with van der Waals surface area (Å²) in [5, 5.41) is 5.95. The minimum atomic E-state index is -0.117. The van der Waals surface area contributed by atoms with E-state index < -0.39 is 0 Å². The molecule has 5 nitrogen and oxygen atoms in total. The zero-order valence-electron chi connectivity index (χ0n) is 14.9. The van der Waals surface area contributed by atoms with E-state index in [-0.39, 0.29) is 23.8 Å². The lowest BCUT2D eigenvalue weighted by Crippen LogP contribution is -2.44. The van der Waals surface area contributed by atoms with Crippen LogP contribution in [0.3, 0.4) is 0 Å². The molecule has 1 saturated heterocycles. The normalized spacial score (nSPS) is 19.3. The van der Waals surface area contributed by atoms with Crippen LogP contribution in [0.1, 0.15) is 41.6 Å². The first kappa shape index (κ1) is 16.6. The van der Waals surface area contributed by atoms with Crippen LogP contribution >= 0.6 is 0 Å². The van der Waals surface area contributed by atoms with Gasteiger partial charge in [0, 0.05) is 18.7 Å². The second-order valence-electron chi connectivity index (χ2n) is 7.09. The second kappa shape index (κ2) is 6.83. The Morgan fingerprint density at radius 1 is 1.27 bits per heavy atom. The highest BCUT2D eigenvalue weighted by molar-refractivity contribution is 6.06. The van der Waals surface area contributed by atoms with Crippen molar-refractivity contribution >= 4 is 23.2 Å². The molecule has 0 aromatic heterocycles. The van der Waals surface area contributed by atoms with Crippen molar-refractivity contribution < 1.29 is 9.59 Å². The quantitative estimate of drug-likeness (QED) is 0.891. The molecule has 2 aliphatic heterocycles. The smallest absolute Gasteiger partial charge is 0.251 e. The number of hydrogen-bond donors (Lipinski definition) is 2. The van der Waals surface area contributed by atoms with Crippen molar-refractivity contribution in [2.75, 3.05) is 23.3 Å². The number of benzene rings is 2. The monoisotopic (exact) mass is 349 g/mol. The Morgan fingerprint density at radius 2 is 2.08 bits per heavy atom. The van der Waals surface area contributed by atoms with Gasteiger partial charge in [0.2, 0.25) is 5.91 Å². The van der Waals surface area contributed by atoms with Crippen molar-refractivity contribution in [2.45, 2.75) is 31.7 Å². The van der Waals surface area contributed by atoms with E-state index in [0.29, 0.717) is 12.1 Å². The summed E-state index contributed by atoms with van der Waals surface area (Å²) in [5.41, 5.74) is 3.52. The van der Waals surface area contributed by atoms with Crippen molar-refractivity contribution in [3.63, 3.8) is 0 Å². The molecule has 4 rings (SSSR count). The first-order valence-electron chi connectivity index (χ1n) is 9.18. The number of rotatable bonds is 4. The number of hydrogen-bond acceptors (Lipinski definition) is 3. The molecule has 134 valence electrons. The van der Waals surface area contributed by atoms with Gasteiger partial charge in [-0.3, -0.25) is 9.59 Å². The standard InChI is InChI=1S/C21H23N3O2/c1-14(15-6-3-2-4-7-15)13-22-20(25)16-9-10-18-17(12-16)23-21(26)19-8-5-11-24(18)19/h2-4,6-7,9-10,12,14,19H,5,8,11,13H2,1H3,(H,22,25)(H,23,26)/t14-,19-/m1/s1. The molecule has 0 radical (unpaired) electrons. The third-order valence-corrected chi connectivity index (χ3v) is 5.32. The number of fused-ring (bicyclic) bond motifs is 3. The van der Waals surface area contributed by atoms with Crippen LogP contribution in [0.4, 0.5) is 11.4 Å². The highest BCUT2D eigenvalue weighted by atomic mass is 16.2. The lowest BCUT2D eigenvalue weighted by molar-refractivity contribution is -0.117. The molecule has 2 heterocycles. The third-order valence-electron chi connectivity index (χ3n) is 5.32. The molecular formula is C21H23N3O2. The van der Waals surface area contributed by atoms with Crippen LogP contribution < -0.4 is 15.5 Å². The van der Waals surface area contributed by atoms with Gasteiger partial charge in [0.25, 0.3) is 5.91 Å². The molecule has 0 saturated carbocycles. The Labute approximate surface area is 153 Å². The maximum Gasteiger partial charge on any atom is 0.251 e. The van der Waals surface area contributed by atoms with Gasteiger partial charge in [0.05, 0.1) is 11.4 Å².